The second-order valence-corrected chi connectivity index (χ2v) is 3.65. The van der Waals surface area contributed by atoms with E-state index in [4.69, 9.17) is 8.85 Å². The molecule has 0 amide bonds. The van der Waals surface area contributed by atoms with Crippen molar-refractivity contribution >= 4 is 10.8 Å². The molecule has 0 bridgehead atoms. The van der Waals surface area contributed by atoms with Gasteiger partial charge in [-0.3, -0.25) is 0 Å². The first-order valence-corrected chi connectivity index (χ1v) is 5.20. The fourth-order valence-electron chi connectivity index (χ4n) is 1.87. The SMILES string of the molecule is [2H]C([2H])([2H])Oc1ccc2cccc(CCC)c2c1. The average molecular weight is 203 g/mol. The van der Waals surface area contributed by atoms with Gasteiger partial charge in [-0.15, -0.1) is 0 Å². The van der Waals surface area contributed by atoms with Crippen LogP contribution in [0.15, 0.2) is 36.4 Å². The summed E-state index contributed by atoms with van der Waals surface area (Å²) >= 11 is 0. The Bertz CT molecular complexity index is 546. The second kappa shape index (κ2) is 4.35. The van der Waals surface area contributed by atoms with Gasteiger partial charge in [0.25, 0.3) is 0 Å². The molecule has 0 saturated carbocycles. The lowest BCUT2D eigenvalue weighted by atomic mass is 10.0. The summed E-state index contributed by atoms with van der Waals surface area (Å²) in [6.45, 7) is 2.13. The van der Waals surface area contributed by atoms with Crippen molar-refractivity contribution in [1.29, 1.82) is 0 Å². The number of aryl methyl sites for hydroxylation is 1. The van der Waals surface area contributed by atoms with E-state index in [1.165, 1.54) is 5.56 Å². The number of methoxy groups -OCH3 is 1. The van der Waals surface area contributed by atoms with Gasteiger partial charge < -0.3 is 4.74 Å². The first-order valence-electron chi connectivity index (χ1n) is 6.70. The molecule has 0 aliphatic heterocycles. The summed E-state index contributed by atoms with van der Waals surface area (Å²) in [4.78, 5) is 0. The van der Waals surface area contributed by atoms with Crippen molar-refractivity contribution in [3.63, 3.8) is 0 Å². The first kappa shape index (κ1) is 6.89. The minimum absolute atomic E-state index is 0.394. The number of benzene rings is 2. The molecule has 0 heterocycles. The maximum atomic E-state index is 7.12. The fraction of sp³-hybridized carbons (Fsp3) is 0.286. The molecule has 0 unspecified atom stereocenters. The van der Waals surface area contributed by atoms with Gasteiger partial charge in [0.2, 0.25) is 0 Å². The summed E-state index contributed by atoms with van der Waals surface area (Å²) in [5, 5.41) is 2.18. The molecule has 0 atom stereocenters. The van der Waals surface area contributed by atoms with Crippen LogP contribution in [0.3, 0.4) is 0 Å². The summed E-state index contributed by atoms with van der Waals surface area (Å²) in [6.07, 6.45) is 2.04. The Morgan fingerprint density at radius 1 is 1.27 bits per heavy atom. The van der Waals surface area contributed by atoms with E-state index in [1.807, 2.05) is 24.3 Å². The molecule has 2 rings (SSSR count). The Labute approximate surface area is 94.9 Å². The molecule has 1 nitrogen and oxygen atoms in total. The van der Waals surface area contributed by atoms with Crippen LogP contribution in [0.4, 0.5) is 0 Å². The Kier molecular flexibility index (Phi) is 2.00. The normalized spacial score (nSPS) is 14.3. The molecule has 0 radical (unpaired) electrons. The van der Waals surface area contributed by atoms with Crippen LogP contribution >= 0.6 is 0 Å². The summed E-state index contributed by atoms with van der Waals surface area (Å²) in [5.74, 6) is 0.394. The van der Waals surface area contributed by atoms with E-state index in [9.17, 15) is 0 Å². The van der Waals surface area contributed by atoms with Gasteiger partial charge in [-0.05, 0) is 34.9 Å². The Morgan fingerprint density at radius 2 is 2.20 bits per heavy atom. The lowest BCUT2D eigenvalue weighted by molar-refractivity contribution is 0.415. The molecule has 78 valence electrons. The number of hydrogen-bond donors (Lipinski definition) is 0. The lowest BCUT2D eigenvalue weighted by Gasteiger charge is -2.07. The standard InChI is InChI=1S/C14H16O/c1-3-5-11-6-4-7-12-8-9-13(15-2)10-14(11)12/h4,6-10H,3,5H2,1-2H3/i2D3. The van der Waals surface area contributed by atoms with Crippen LogP contribution in [0.25, 0.3) is 10.8 Å². The molecule has 0 N–H and O–H groups in total. The maximum Gasteiger partial charge on any atom is 0.119 e. The highest BCUT2D eigenvalue weighted by Gasteiger charge is 2.01. The smallest absolute Gasteiger partial charge is 0.119 e. The monoisotopic (exact) mass is 203 g/mol. The van der Waals surface area contributed by atoms with E-state index in [1.54, 1.807) is 6.07 Å². The predicted octanol–water partition coefficient (Wildman–Crippen LogP) is 3.80. The van der Waals surface area contributed by atoms with Crippen LogP contribution < -0.4 is 4.74 Å². The quantitative estimate of drug-likeness (QED) is 0.737. The zero-order chi connectivity index (χ0) is 13.2. The van der Waals surface area contributed by atoms with E-state index in [2.05, 4.69) is 13.0 Å². The van der Waals surface area contributed by atoms with Crippen LogP contribution in [-0.2, 0) is 6.42 Å². The summed E-state index contributed by atoms with van der Waals surface area (Å²) in [6, 6.07) is 11.5. The molecule has 0 aliphatic rings. The van der Waals surface area contributed by atoms with Gasteiger partial charge in [0.15, 0.2) is 0 Å². The zero-order valence-corrected chi connectivity index (χ0v) is 8.79. The molecule has 2 aromatic carbocycles. The average Bonchev–Trinajstić information content (AvgIpc) is 2.28. The van der Waals surface area contributed by atoms with Gasteiger partial charge >= 0.3 is 0 Å². The number of hydrogen-bond acceptors (Lipinski definition) is 1. The van der Waals surface area contributed by atoms with Crippen LogP contribution in [-0.4, -0.2) is 7.04 Å². The van der Waals surface area contributed by atoms with E-state index < -0.39 is 7.04 Å². The van der Waals surface area contributed by atoms with Crippen LogP contribution in [0.1, 0.15) is 23.0 Å². The topological polar surface area (TPSA) is 9.23 Å². The molecule has 0 aliphatic carbocycles. The van der Waals surface area contributed by atoms with Gasteiger partial charge in [0.05, 0.1) is 11.2 Å². The first-order chi connectivity index (χ1) is 8.49. The van der Waals surface area contributed by atoms with E-state index in [-0.39, 0.29) is 0 Å². The summed E-state index contributed by atoms with van der Waals surface area (Å²) in [7, 11) is -2.40. The number of fused-ring (bicyclic) bond motifs is 1. The Balaban J connectivity index is 2.45. The molecule has 15 heavy (non-hydrogen) atoms. The van der Waals surface area contributed by atoms with E-state index >= 15 is 0 Å². The van der Waals surface area contributed by atoms with Gasteiger partial charge in [-0.25, -0.2) is 0 Å². The Morgan fingerprint density at radius 3 is 3.00 bits per heavy atom. The highest BCUT2D eigenvalue weighted by molar-refractivity contribution is 5.87. The van der Waals surface area contributed by atoms with Gasteiger partial charge in [-0.2, -0.15) is 0 Å². The Hall–Kier alpha value is -1.50. The van der Waals surface area contributed by atoms with Gasteiger partial charge in [0, 0.05) is 0 Å². The zero-order valence-electron chi connectivity index (χ0n) is 11.8. The van der Waals surface area contributed by atoms with E-state index in [0.717, 1.165) is 23.6 Å². The largest absolute Gasteiger partial charge is 0.497 e. The highest BCUT2D eigenvalue weighted by Crippen LogP contribution is 2.24. The van der Waals surface area contributed by atoms with Crippen molar-refractivity contribution in [3.05, 3.63) is 42.0 Å². The molecule has 0 fully saturated rings. The predicted molar refractivity (Wildman–Crippen MR) is 64.5 cm³/mol. The highest BCUT2D eigenvalue weighted by atomic mass is 16.5. The minimum atomic E-state index is -2.40. The van der Waals surface area contributed by atoms with Crippen molar-refractivity contribution in [3.8, 4) is 5.75 Å². The van der Waals surface area contributed by atoms with Gasteiger partial charge in [-0.1, -0.05) is 37.6 Å². The van der Waals surface area contributed by atoms with Crippen LogP contribution in [0.2, 0.25) is 0 Å². The molecule has 0 aromatic heterocycles. The molecule has 1 heteroatoms. The number of ether oxygens (including phenoxy) is 1. The molecule has 0 saturated heterocycles. The molecular weight excluding hydrogens is 184 g/mol. The molecule has 2 aromatic rings. The van der Waals surface area contributed by atoms with Crippen molar-refractivity contribution in [2.75, 3.05) is 7.04 Å². The summed E-state index contributed by atoms with van der Waals surface area (Å²) in [5.41, 5.74) is 1.23. The van der Waals surface area contributed by atoms with Crippen LogP contribution in [0.5, 0.6) is 5.75 Å². The summed E-state index contributed by atoms with van der Waals surface area (Å²) < 4.78 is 26.3. The second-order valence-electron chi connectivity index (χ2n) is 3.65. The maximum absolute atomic E-state index is 7.12. The fourth-order valence-corrected chi connectivity index (χ4v) is 1.87. The van der Waals surface area contributed by atoms with Crippen molar-refractivity contribution < 1.29 is 8.85 Å². The third-order valence-electron chi connectivity index (χ3n) is 2.58. The third-order valence-corrected chi connectivity index (χ3v) is 2.58. The van der Waals surface area contributed by atoms with Crippen molar-refractivity contribution in [1.82, 2.24) is 0 Å². The lowest BCUT2D eigenvalue weighted by Crippen LogP contribution is -1.87. The van der Waals surface area contributed by atoms with Gasteiger partial charge in [0.1, 0.15) is 5.75 Å². The molecule has 0 spiro atoms. The van der Waals surface area contributed by atoms with Crippen molar-refractivity contribution in [2.24, 2.45) is 0 Å². The van der Waals surface area contributed by atoms with Crippen LogP contribution in [0, 0.1) is 0 Å². The number of rotatable bonds is 3. The minimum Gasteiger partial charge on any atom is -0.497 e. The molecular formula is C14H16O. The van der Waals surface area contributed by atoms with Crippen molar-refractivity contribution in [2.45, 2.75) is 19.8 Å². The van der Waals surface area contributed by atoms with E-state index in [0.29, 0.717) is 5.75 Å². The third kappa shape index (κ3) is 1.96.